The molecule has 1 aliphatic carbocycles. The highest BCUT2D eigenvalue weighted by atomic mass is 79.9. The van der Waals surface area contributed by atoms with Crippen molar-refractivity contribution in [2.75, 3.05) is 6.79 Å². The molecule has 0 aromatic heterocycles. The van der Waals surface area contributed by atoms with Crippen LogP contribution in [-0.2, 0) is 0 Å². The lowest BCUT2D eigenvalue weighted by atomic mass is 9.76. The molecule has 1 heterocycles. The van der Waals surface area contributed by atoms with Gasteiger partial charge in [0.1, 0.15) is 0 Å². The van der Waals surface area contributed by atoms with Crippen molar-refractivity contribution >= 4 is 15.9 Å². The maximum absolute atomic E-state index is 10.7. The molecule has 1 aromatic carbocycles. The van der Waals surface area contributed by atoms with Crippen molar-refractivity contribution < 1.29 is 14.6 Å². The van der Waals surface area contributed by atoms with E-state index >= 15 is 0 Å². The van der Waals surface area contributed by atoms with E-state index in [1.165, 1.54) is 19.3 Å². The van der Waals surface area contributed by atoms with Gasteiger partial charge in [0.05, 0.1) is 10.6 Å². The van der Waals surface area contributed by atoms with E-state index in [-0.39, 0.29) is 6.79 Å². The van der Waals surface area contributed by atoms with Crippen molar-refractivity contribution in [1.82, 2.24) is 0 Å². The molecule has 0 bridgehead atoms. The molecular weight excluding hydrogens is 320 g/mol. The summed E-state index contributed by atoms with van der Waals surface area (Å²) in [6.45, 7) is 2.51. The minimum atomic E-state index is -0.407. The number of aliphatic hydroxyl groups is 1. The predicted octanol–water partition coefficient (Wildman–Crippen LogP) is 4.43. The number of aliphatic hydroxyl groups excluding tert-OH is 1. The molecule has 0 amide bonds. The number of ether oxygens (including phenoxy) is 2. The fourth-order valence-electron chi connectivity index (χ4n) is 3.42. The Bertz CT molecular complexity index is 489. The summed E-state index contributed by atoms with van der Waals surface area (Å²) in [7, 11) is 0. The zero-order chi connectivity index (χ0) is 14.1. The highest BCUT2D eigenvalue weighted by Crippen LogP contribution is 2.44. The van der Waals surface area contributed by atoms with Gasteiger partial charge in [-0.15, -0.1) is 0 Å². The Morgan fingerprint density at radius 1 is 1.35 bits per heavy atom. The van der Waals surface area contributed by atoms with Crippen molar-refractivity contribution in [2.24, 2.45) is 11.8 Å². The van der Waals surface area contributed by atoms with Crippen LogP contribution in [0.4, 0.5) is 0 Å². The normalized spacial score (nSPS) is 26.6. The first-order valence-electron chi connectivity index (χ1n) is 7.46. The smallest absolute Gasteiger partial charge is 0.231 e. The average molecular weight is 341 g/mol. The molecule has 1 N–H and O–H groups in total. The largest absolute Gasteiger partial charge is 0.454 e. The topological polar surface area (TPSA) is 38.7 Å². The standard InChI is InChI=1S/C16H21BrO3/c1-2-10-4-3-5-11(6-10)15(18)12-7-13(17)16-14(8-12)19-9-20-16/h7-8,10-11,15,18H,2-6,9H2,1H3. The summed E-state index contributed by atoms with van der Waals surface area (Å²) in [6.07, 6.45) is 5.59. The van der Waals surface area contributed by atoms with Crippen LogP contribution in [0.2, 0.25) is 0 Å². The number of hydrogen-bond donors (Lipinski definition) is 1. The van der Waals surface area contributed by atoms with E-state index in [9.17, 15) is 5.11 Å². The van der Waals surface area contributed by atoms with E-state index in [1.54, 1.807) is 0 Å². The Balaban J connectivity index is 1.80. The Morgan fingerprint density at radius 3 is 3.00 bits per heavy atom. The van der Waals surface area contributed by atoms with Crippen LogP contribution in [0.25, 0.3) is 0 Å². The Morgan fingerprint density at radius 2 is 2.20 bits per heavy atom. The fraction of sp³-hybridized carbons (Fsp3) is 0.625. The highest BCUT2D eigenvalue weighted by Gasteiger charge is 2.29. The average Bonchev–Trinajstić information content (AvgIpc) is 2.95. The number of fused-ring (bicyclic) bond motifs is 1. The number of halogens is 1. The van der Waals surface area contributed by atoms with Gasteiger partial charge in [-0.05, 0) is 58.3 Å². The summed E-state index contributed by atoms with van der Waals surface area (Å²) in [5.74, 6) is 2.61. The Hall–Kier alpha value is -0.740. The van der Waals surface area contributed by atoms with E-state index in [1.807, 2.05) is 12.1 Å². The number of rotatable bonds is 3. The van der Waals surface area contributed by atoms with Gasteiger partial charge in [-0.1, -0.05) is 26.2 Å². The van der Waals surface area contributed by atoms with Gasteiger partial charge < -0.3 is 14.6 Å². The van der Waals surface area contributed by atoms with Crippen LogP contribution in [-0.4, -0.2) is 11.9 Å². The van der Waals surface area contributed by atoms with Crippen molar-refractivity contribution in [3.8, 4) is 11.5 Å². The zero-order valence-corrected chi connectivity index (χ0v) is 13.4. The molecule has 1 aromatic rings. The maximum Gasteiger partial charge on any atom is 0.231 e. The van der Waals surface area contributed by atoms with Crippen LogP contribution >= 0.6 is 15.9 Å². The summed E-state index contributed by atoms with van der Waals surface area (Å²) in [5.41, 5.74) is 0.933. The maximum atomic E-state index is 10.7. The molecule has 0 spiro atoms. The second kappa shape index (κ2) is 5.94. The molecule has 3 nitrogen and oxygen atoms in total. The van der Waals surface area contributed by atoms with Gasteiger partial charge in [-0.2, -0.15) is 0 Å². The summed E-state index contributed by atoms with van der Waals surface area (Å²) in [4.78, 5) is 0. The van der Waals surface area contributed by atoms with E-state index in [2.05, 4.69) is 22.9 Å². The second-order valence-corrected chi connectivity index (χ2v) is 6.74. The van der Waals surface area contributed by atoms with Crippen LogP contribution < -0.4 is 9.47 Å². The monoisotopic (exact) mass is 340 g/mol. The van der Waals surface area contributed by atoms with Crippen LogP contribution in [0, 0.1) is 11.8 Å². The van der Waals surface area contributed by atoms with Crippen LogP contribution in [0.3, 0.4) is 0 Å². The molecule has 20 heavy (non-hydrogen) atoms. The minimum Gasteiger partial charge on any atom is -0.454 e. The third-order valence-electron chi connectivity index (χ3n) is 4.64. The fourth-order valence-corrected chi connectivity index (χ4v) is 3.99. The van der Waals surface area contributed by atoms with E-state index in [0.29, 0.717) is 5.92 Å². The molecule has 4 heteroatoms. The van der Waals surface area contributed by atoms with Gasteiger partial charge in [0.25, 0.3) is 0 Å². The molecule has 2 aliphatic rings. The van der Waals surface area contributed by atoms with E-state index in [0.717, 1.165) is 40.3 Å². The van der Waals surface area contributed by atoms with Gasteiger partial charge in [-0.3, -0.25) is 0 Å². The summed E-state index contributed by atoms with van der Waals surface area (Å²) >= 11 is 3.50. The second-order valence-electron chi connectivity index (χ2n) is 5.88. The zero-order valence-electron chi connectivity index (χ0n) is 11.8. The lowest BCUT2D eigenvalue weighted by molar-refractivity contribution is 0.0676. The first kappa shape index (κ1) is 14.2. The summed E-state index contributed by atoms with van der Waals surface area (Å²) in [5, 5.41) is 10.7. The van der Waals surface area contributed by atoms with Crippen LogP contribution in [0.1, 0.15) is 50.7 Å². The molecular formula is C16H21BrO3. The van der Waals surface area contributed by atoms with Crippen molar-refractivity contribution in [1.29, 1.82) is 0 Å². The molecule has 1 aliphatic heterocycles. The van der Waals surface area contributed by atoms with Gasteiger partial charge in [-0.25, -0.2) is 0 Å². The van der Waals surface area contributed by atoms with Crippen molar-refractivity contribution in [2.45, 2.75) is 45.1 Å². The highest BCUT2D eigenvalue weighted by molar-refractivity contribution is 9.10. The molecule has 1 saturated carbocycles. The van der Waals surface area contributed by atoms with Crippen LogP contribution in [0.15, 0.2) is 16.6 Å². The summed E-state index contributed by atoms with van der Waals surface area (Å²) in [6, 6.07) is 3.89. The van der Waals surface area contributed by atoms with Crippen molar-refractivity contribution in [3.63, 3.8) is 0 Å². The van der Waals surface area contributed by atoms with E-state index < -0.39 is 6.10 Å². The molecule has 3 rings (SSSR count). The molecule has 3 unspecified atom stereocenters. The Labute approximate surface area is 128 Å². The van der Waals surface area contributed by atoms with Gasteiger partial charge in [0, 0.05) is 0 Å². The lowest BCUT2D eigenvalue weighted by Gasteiger charge is -2.32. The molecule has 0 saturated heterocycles. The number of benzene rings is 1. The summed E-state index contributed by atoms with van der Waals surface area (Å²) < 4.78 is 11.7. The third kappa shape index (κ3) is 2.68. The van der Waals surface area contributed by atoms with E-state index in [4.69, 9.17) is 9.47 Å². The lowest BCUT2D eigenvalue weighted by Crippen LogP contribution is -2.21. The van der Waals surface area contributed by atoms with Crippen LogP contribution in [0.5, 0.6) is 11.5 Å². The third-order valence-corrected chi connectivity index (χ3v) is 5.23. The van der Waals surface area contributed by atoms with Crippen molar-refractivity contribution in [3.05, 3.63) is 22.2 Å². The SMILES string of the molecule is CCC1CCCC(C(O)c2cc(Br)c3c(c2)OCO3)C1. The Kier molecular flexibility index (Phi) is 4.22. The predicted molar refractivity (Wildman–Crippen MR) is 81.0 cm³/mol. The first-order chi connectivity index (χ1) is 9.69. The molecule has 3 atom stereocenters. The molecule has 110 valence electrons. The first-order valence-corrected chi connectivity index (χ1v) is 8.25. The van der Waals surface area contributed by atoms with Gasteiger partial charge in [0.2, 0.25) is 6.79 Å². The van der Waals surface area contributed by atoms with Gasteiger partial charge in [0.15, 0.2) is 11.5 Å². The quantitative estimate of drug-likeness (QED) is 0.884. The molecule has 1 fully saturated rings. The number of hydrogen-bond acceptors (Lipinski definition) is 3. The minimum absolute atomic E-state index is 0.259. The molecule has 0 radical (unpaired) electrons. The van der Waals surface area contributed by atoms with Gasteiger partial charge >= 0.3 is 0 Å².